The van der Waals surface area contributed by atoms with Crippen LogP contribution in [-0.4, -0.2) is 38.7 Å². The van der Waals surface area contributed by atoms with Crippen LogP contribution in [0.15, 0.2) is 91.3 Å². The third-order valence-electron chi connectivity index (χ3n) is 5.89. The molecular weight excluding hydrogens is 535 g/mol. The van der Waals surface area contributed by atoms with Crippen LogP contribution >= 0.6 is 11.6 Å². The highest BCUT2D eigenvalue weighted by Crippen LogP contribution is 2.28. The number of hydrogen-bond donors (Lipinski definition) is 2. The van der Waals surface area contributed by atoms with E-state index in [1.54, 1.807) is 67.9 Å². The molecule has 0 spiro atoms. The maximum absolute atomic E-state index is 14.7. The summed E-state index contributed by atoms with van der Waals surface area (Å²) in [5.41, 5.74) is 1.80. The number of benzene rings is 2. The molecule has 0 unspecified atom stereocenters. The predicted molar refractivity (Wildman–Crippen MR) is 148 cm³/mol. The lowest BCUT2D eigenvalue weighted by Gasteiger charge is -2.11. The average molecular weight is 557 g/mol. The Balaban J connectivity index is 1.42. The minimum atomic E-state index is -0.617. The number of halogens is 2. The fourth-order valence-electron chi connectivity index (χ4n) is 3.87. The normalized spacial score (nSPS) is 10.7. The Bertz CT molecular complexity index is 1660. The molecule has 0 aliphatic carbocycles. The predicted octanol–water partition coefficient (Wildman–Crippen LogP) is 5.31. The van der Waals surface area contributed by atoms with Crippen LogP contribution < -0.4 is 15.4 Å². The molecule has 0 fully saturated rings. The van der Waals surface area contributed by atoms with Gasteiger partial charge in [-0.2, -0.15) is 5.10 Å². The number of nitrogens with one attached hydrogen (secondary N) is 2. The molecule has 0 saturated carbocycles. The molecule has 40 heavy (non-hydrogen) atoms. The number of para-hydroxylation sites is 1. The second-order valence-corrected chi connectivity index (χ2v) is 8.92. The summed E-state index contributed by atoms with van der Waals surface area (Å²) in [4.78, 5) is 34.7. The molecule has 11 heteroatoms. The van der Waals surface area contributed by atoms with Crippen molar-refractivity contribution in [2.75, 3.05) is 12.4 Å². The van der Waals surface area contributed by atoms with E-state index < -0.39 is 17.6 Å². The van der Waals surface area contributed by atoms with Gasteiger partial charge in [0.25, 0.3) is 11.8 Å². The van der Waals surface area contributed by atoms with Gasteiger partial charge in [0.2, 0.25) is 0 Å². The molecule has 3 aromatic heterocycles. The lowest BCUT2D eigenvalue weighted by molar-refractivity contribution is 0.0944. The number of amides is 2. The van der Waals surface area contributed by atoms with Crippen molar-refractivity contribution in [2.24, 2.45) is 0 Å². The SMILES string of the molecule is COc1ccc(CNC(=O)c2cc(NC(=O)c3cc(-c4ccccn4)c(F)cc3Cl)n(-c3ccccc3)n2)nc1. The van der Waals surface area contributed by atoms with Crippen molar-refractivity contribution in [3.63, 3.8) is 0 Å². The first-order valence-corrected chi connectivity index (χ1v) is 12.4. The van der Waals surface area contributed by atoms with Gasteiger partial charge in [0.1, 0.15) is 17.4 Å². The Morgan fingerprint density at radius 2 is 1.77 bits per heavy atom. The van der Waals surface area contributed by atoms with Crippen molar-refractivity contribution >= 4 is 29.2 Å². The number of anilines is 1. The first-order chi connectivity index (χ1) is 19.4. The molecule has 2 N–H and O–H groups in total. The van der Waals surface area contributed by atoms with E-state index in [4.69, 9.17) is 16.3 Å². The zero-order chi connectivity index (χ0) is 28.1. The van der Waals surface area contributed by atoms with Crippen LogP contribution in [0.25, 0.3) is 16.9 Å². The minimum absolute atomic E-state index is 0.0288. The fourth-order valence-corrected chi connectivity index (χ4v) is 4.11. The Labute approximate surface area is 233 Å². The molecule has 2 amide bonds. The van der Waals surface area contributed by atoms with Crippen LogP contribution in [0.3, 0.4) is 0 Å². The summed E-state index contributed by atoms with van der Waals surface area (Å²) in [7, 11) is 1.54. The summed E-state index contributed by atoms with van der Waals surface area (Å²) < 4.78 is 21.2. The van der Waals surface area contributed by atoms with Crippen molar-refractivity contribution in [3.8, 4) is 22.7 Å². The van der Waals surface area contributed by atoms with Gasteiger partial charge in [-0.25, -0.2) is 9.07 Å². The van der Waals surface area contributed by atoms with Crippen LogP contribution in [0.4, 0.5) is 10.2 Å². The van der Waals surface area contributed by atoms with E-state index in [0.717, 1.165) is 6.07 Å². The first kappa shape index (κ1) is 26.5. The van der Waals surface area contributed by atoms with Gasteiger partial charge in [-0.3, -0.25) is 19.6 Å². The maximum Gasteiger partial charge on any atom is 0.272 e. The van der Waals surface area contributed by atoms with Crippen LogP contribution in [0, 0.1) is 5.82 Å². The summed E-state index contributed by atoms with van der Waals surface area (Å²) in [5, 5.41) is 9.86. The van der Waals surface area contributed by atoms with Gasteiger partial charge in [0.05, 0.1) is 47.5 Å². The van der Waals surface area contributed by atoms with Gasteiger partial charge in [-0.1, -0.05) is 35.9 Å². The van der Waals surface area contributed by atoms with Crippen molar-refractivity contribution in [1.82, 2.24) is 25.1 Å². The van der Waals surface area contributed by atoms with Gasteiger partial charge >= 0.3 is 0 Å². The van der Waals surface area contributed by atoms with Crippen LogP contribution in [0.1, 0.15) is 26.5 Å². The third kappa shape index (κ3) is 5.82. The second kappa shape index (κ2) is 11.7. The molecule has 0 atom stereocenters. The van der Waals surface area contributed by atoms with Gasteiger partial charge in [0, 0.05) is 17.8 Å². The number of methoxy groups -OCH3 is 1. The van der Waals surface area contributed by atoms with Gasteiger partial charge in [-0.05, 0) is 48.5 Å². The molecule has 9 nitrogen and oxygen atoms in total. The molecule has 5 rings (SSSR count). The fraction of sp³-hybridized carbons (Fsp3) is 0.0690. The molecule has 5 aromatic rings. The monoisotopic (exact) mass is 556 g/mol. The van der Waals surface area contributed by atoms with Gasteiger partial charge in [-0.15, -0.1) is 0 Å². The summed E-state index contributed by atoms with van der Waals surface area (Å²) in [6.07, 6.45) is 3.08. The third-order valence-corrected chi connectivity index (χ3v) is 6.20. The molecule has 2 aromatic carbocycles. The Morgan fingerprint density at radius 1 is 0.975 bits per heavy atom. The Hall–Kier alpha value is -5.09. The smallest absolute Gasteiger partial charge is 0.272 e. The van der Waals surface area contributed by atoms with E-state index in [2.05, 4.69) is 25.7 Å². The largest absolute Gasteiger partial charge is 0.495 e. The summed E-state index contributed by atoms with van der Waals surface area (Å²) >= 11 is 6.26. The maximum atomic E-state index is 14.7. The van der Waals surface area contributed by atoms with Crippen LogP contribution in [-0.2, 0) is 6.54 Å². The number of ether oxygens (including phenoxy) is 1. The highest BCUT2D eigenvalue weighted by Gasteiger charge is 2.21. The number of rotatable bonds is 8. The summed E-state index contributed by atoms with van der Waals surface area (Å²) in [5.74, 6) is -0.886. The van der Waals surface area contributed by atoms with E-state index in [0.29, 0.717) is 22.8 Å². The van der Waals surface area contributed by atoms with Crippen molar-refractivity contribution in [1.29, 1.82) is 0 Å². The lowest BCUT2D eigenvalue weighted by Crippen LogP contribution is -2.23. The number of aromatic nitrogens is 4. The standard InChI is InChI=1S/C29H22ClFN6O3/c1-40-20-11-10-18(33-17-20)16-34-29(39)26-15-27(37(36-26)19-7-3-2-4-8-19)35-28(38)21-13-22(24(31)14-23(21)30)25-9-5-6-12-32-25/h2-15,17H,16H2,1H3,(H,34,39)(H,35,38). The van der Waals surface area contributed by atoms with E-state index in [1.807, 2.05) is 6.07 Å². The van der Waals surface area contributed by atoms with E-state index in [-0.39, 0.29) is 34.2 Å². The molecule has 0 saturated heterocycles. The zero-order valence-electron chi connectivity index (χ0n) is 21.1. The number of nitrogens with zero attached hydrogens (tertiary/aromatic N) is 4. The Kier molecular flexibility index (Phi) is 7.79. The zero-order valence-corrected chi connectivity index (χ0v) is 21.9. The minimum Gasteiger partial charge on any atom is -0.495 e. The molecular formula is C29H22ClFN6O3. The van der Waals surface area contributed by atoms with E-state index in [1.165, 1.54) is 23.0 Å². The van der Waals surface area contributed by atoms with Crippen molar-refractivity contribution in [3.05, 3.63) is 119 Å². The van der Waals surface area contributed by atoms with E-state index in [9.17, 15) is 14.0 Å². The topological polar surface area (TPSA) is 111 Å². The second-order valence-electron chi connectivity index (χ2n) is 8.52. The summed E-state index contributed by atoms with van der Waals surface area (Å²) in [6.45, 7) is 0.157. The lowest BCUT2D eigenvalue weighted by atomic mass is 10.1. The molecule has 0 bridgehead atoms. The van der Waals surface area contributed by atoms with Gasteiger partial charge in [0.15, 0.2) is 5.69 Å². The average Bonchev–Trinajstić information content (AvgIpc) is 3.41. The number of hydrogen-bond acceptors (Lipinski definition) is 6. The first-order valence-electron chi connectivity index (χ1n) is 12.1. The molecule has 0 aliphatic rings. The van der Waals surface area contributed by atoms with Crippen molar-refractivity contribution < 1.29 is 18.7 Å². The van der Waals surface area contributed by atoms with E-state index >= 15 is 0 Å². The quantitative estimate of drug-likeness (QED) is 0.268. The Morgan fingerprint density at radius 3 is 2.48 bits per heavy atom. The highest BCUT2D eigenvalue weighted by molar-refractivity contribution is 6.34. The molecule has 0 radical (unpaired) electrons. The molecule has 200 valence electrons. The number of carbonyl (C=O) groups excluding carboxylic acids is 2. The van der Waals surface area contributed by atoms with Crippen LogP contribution in [0.5, 0.6) is 5.75 Å². The number of pyridine rings is 2. The van der Waals surface area contributed by atoms with Crippen molar-refractivity contribution in [2.45, 2.75) is 6.54 Å². The summed E-state index contributed by atoms with van der Waals surface area (Å²) in [6, 6.07) is 21.4. The molecule has 3 heterocycles. The molecule has 0 aliphatic heterocycles. The number of carbonyl (C=O) groups is 2. The van der Waals surface area contributed by atoms with Crippen LogP contribution in [0.2, 0.25) is 5.02 Å². The highest BCUT2D eigenvalue weighted by atomic mass is 35.5. The van der Waals surface area contributed by atoms with Gasteiger partial charge < -0.3 is 15.4 Å².